The number of amides is 1. The van der Waals surface area contributed by atoms with Crippen molar-refractivity contribution in [2.45, 2.75) is 44.2 Å². The second-order valence-electron chi connectivity index (χ2n) is 5.47. The van der Waals surface area contributed by atoms with E-state index in [2.05, 4.69) is 5.32 Å². The highest BCUT2D eigenvalue weighted by atomic mass is 32.2. The molecule has 5 heteroatoms. The van der Waals surface area contributed by atoms with Gasteiger partial charge < -0.3 is 10.1 Å². The summed E-state index contributed by atoms with van der Waals surface area (Å²) in [6.45, 7) is 7.21. The molecule has 0 saturated carbocycles. The van der Waals surface area contributed by atoms with Gasteiger partial charge in [-0.1, -0.05) is 18.2 Å². The number of thioether (sulfide) groups is 1. The molecule has 0 heterocycles. The Morgan fingerprint density at radius 1 is 1.25 bits per heavy atom. The van der Waals surface area contributed by atoms with Gasteiger partial charge in [0.25, 0.3) is 5.91 Å². The predicted octanol–water partition coefficient (Wildman–Crippen LogP) is 2.63. The third-order valence-electron chi connectivity index (χ3n) is 2.28. The summed E-state index contributed by atoms with van der Waals surface area (Å²) in [5.74, 6) is -0.483. The molecule has 1 amide bonds. The molecule has 1 aromatic carbocycles. The van der Waals surface area contributed by atoms with Gasteiger partial charge in [-0.15, -0.1) is 11.8 Å². The lowest BCUT2D eigenvalue weighted by Gasteiger charge is -2.23. The Hall–Kier alpha value is -1.49. The Labute approximate surface area is 124 Å². The summed E-state index contributed by atoms with van der Waals surface area (Å²) in [6.07, 6.45) is -0.780. The molecule has 0 aliphatic rings. The van der Waals surface area contributed by atoms with Crippen LogP contribution in [0.1, 0.15) is 27.7 Å². The molecule has 0 aliphatic carbocycles. The molecule has 0 bridgehead atoms. The number of hydrogen-bond donors (Lipinski definition) is 1. The Bertz CT molecular complexity index is 454. The molecule has 0 aromatic heterocycles. The second-order valence-corrected chi connectivity index (χ2v) is 6.52. The third kappa shape index (κ3) is 6.61. The summed E-state index contributed by atoms with van der Waals surface area (Å²) in [5.41, 5.74) is -0.337. The largest absolute Gasteiger partial charge is 0.452 e. The van der Waals surface area contributed by atoms with Crippen LogP contribution in [-0.2, 0) is 14.3 Å². The fraction of sp³-hybridized carbons (Fsp3) is 0.467. The maximum Gasteiger partial charge on any atom is 0.317 e. The van der Waals surface area contributed by atoms with E-state index >= 15 is 0 Å². The zero-order valence-electron chi connectivity index (χ0n) is 12.3. The van der Waals surface area contributed by atoms with Crippen LogP contribution in [0.5, 0.6) is 0 Å². The molecular weight excluding hydrogens is 274 g/mol. The standard InChI is InChI=1S/C15H21NO3S/c1-11(14(18)16-15(2,3)4)19-13(17)10-20-12-8-6-5-7-9-12/h5-9,11H,10H2,1-4H3,(H,16,18)/t11-/m0/s1. The highest BCUT2D eigenvalue weighted by Crippen LogP contribution is 2.17. The number of benzene rings is 1. The van der Waals surface area contributed by atoms with Crippen LogP contribution >= 0.6 is 11.8 Å². The molecule has 20 heavy (non-hydrogen) atoms. The SMILES string of the molecule is C[C@H](OC(=O)CSc1ccccc1)C(=O)NC(C)(C)C. The summed E-state index contributed by atoms with van der Waals surface area (Å²) in [4.78, 5) is 24.4. The predicted molar refractivity (Wildman–Crippen MR) is 80.6 cm³/mol. The molecule has 1 N–H and O–H groups in total. The van der Waals surface area contributed by atoms with Gasteiger partial charge in [-0.25, -0.2) is 0 Å². The number of hydrogen-bond acceptors (Lipinski definition) is 4. The van der Waals surface area contributed by atoms with E-state index < -0.39 is 12.1 Å². The Kier molecular flexibility index (Phi) is 6.07. The van der Waals surface area contributed by atoms with Crippen molar-refractivity contribution in [2.24, 2.45) is 0 Å². The number of carbonyl (C=O) groups is 2. The molecule has 1 rings (SSSR count). The topological polar surface area (TPSA) is 55.4 Å². The smallest absolute Gasteiger partial charge is 0.317 e. The molecule has 0 saturated heterocycles. The van der Waals surface area contributed by atoms with Gasteiger partial charge in [-0.3, -0.25) is 9.59 Å². The van der Waals surface area contributed by atoms with E-state index in [9.17, 15) is 9.59 Å². The van der Waals surface area contributed by atoms with E-state index in [-0.39, 0.29) is 17.2 Å². The first-order valence-corrected chi connectivity index (χ1v) is 7.46. The molecule has 0 aliphatic heterocycles. The number of rotatable bonds is 5. The first-order chi connectivity index (χ1) is 9.28. The maximum atomic E-state index is 11.8. The lowest BCUT2D eigenvalue weighted by Crippen LogP contribution is -2.46. The Morgan fingerprint density at radius 2 is 1.85 bits per heavy atom. The minimum atomic E-state index is -0.780. The fourth-order valence-electron chi connectivity index (χ4n) is 1.41. The van der Waals surface area contributed by atoms with Gasteiger partial charge in [0, 0.05) is 10.4 Å². The average Bonchev–Trinajstić information content (AvgIpc) is 2.35. The van der Waals surface area contributed by atoms with Crippen LogP contribution in [0.25, 0.3) is 0 Å². The average molecular weight is 295 g/mol. The number of nitrogens with one attached hydrogen (secondary N) is 1. The normalized spacial score (nSPS) is 12.6. The van der Waals surface area contributed by atoms with E-state index in [1.807, 2.05) is 51.1 Å². The van der Waals surface area contributed by atoms with Gasteiger partial charge >= 0.3 is 5.97 Å². The summed E-state index contributed by atoms with van der Waals surface area (Å²) in [7, 11) is 0. The van der Waals surface area contributed by atoms with Gasteiger partial charge in [0.1, 0.15) is 0 Å². The van der Waals surface area contributed by atoms with Crippen LogP contribution in [-0.4, -0.2) is 29.3 Å². The highest BCUT2D eigenvalue weighted by molar-refractivity contribution is 8.00. The van der Waals surface area contributed by atoms with Crippen LogP contribution in [0.3, 0.4) is 0 Å². The van der Waals surface area contributed by atoms with Crippen LogP contribution < -0.4 is 5.32 Å². The lowest BCUT2D eigenvalue weighted by atomic mass is 10.1. The van der Waals surface area contributed by atoms with E-state index in [1.165, 1.54) is 11.8 Å². The number of esters is 1. The van der Waals surface area contributed by atoms with Crippen LogP contribution in [0.4, 0.5) is 0 Å². The molecule has 1 aromatic rings. The van der Waals surface area contributed by atoms with Crippen molar-refractivity contribution in [3.8, 4) is 0 Å². The monoisotopic (exact) mass is 295 g/mol. The summed E-state index contributed by atoms with van der Waals surface area (Å²) >= 11 is 1.39. The van der Waals surface area contributed by atoms with Crippen molar-refractivity contribution in [2.75, 3.05) is 5.75 Å². The van der Waals surface area contributed by atoms with Crippen LogP contribution in [0, 0.1) is 0 Å². The summed E-state index contributed by atoms with van der Waals surface area (Å²) in [5, 5.41) is 2.78. The molecule has 0 fully saturated rings. The van der Waals surface area contributed by atoms with Crippen molar-refractivity contribution >= 4 is 23.6 Å². The Balaban J connectivity index is 2.36. The first-order valence-electron chi connectivity index (χ1n) is 6.47. The molecule has 1 atom stereocenters. The van der Waals surface area contributed by atoms with Crippen molar-refractivity contribution in [3.63, 3.8) is 0 Å². The van der Waals surface area contributed by atoms with Gasteiger partial charge in [-0.05, 0) is 39.8 Å². The van der Waals surface area contributed by atoms with Gasteiger partial charge in [0.05, 0.1) is 5.75 Å². The van der Waals surface area contributed by atoms with Crippen molar-refractivity contribution < 1.29 is 14.3 Å². The van der Waals surface area contributed by atoms with Crippen LogP contribution in [0.2, 0.25) is 0 Å². The minimum Gasteiger partial charge on any atom is -0.452 e. The first kappa shape index (κ1) is 16.6. The van der Waals surface area contributed by atoms with E-state index in [0.29, 0.717) is 0 Å². The van der Waals surface area contributed by atoms with E-state index in [4.69, 9.17) is 4.74 Å². The number of ether oxygens (including phenoxy) is 1. The van der Waals surface area contributed by atoms with E-state index in [1.54, 1.807) is 6.92 Å². The molecular formula is C15H21NO3S. The minimum absolute atomic E-state index is 0.192. The number of carbonyl (C=O) groups excluding carboxylic acids is 2. The molecule has 4 nitrogen and oxygen atoms in total. The van der Waals surface area contributed by atoms with Crippen molar-refractivity contribution in [3.05, 3.63) is 30.3 Å². The van der Waals surface area contributed by atoms with Gasteiger partial charge in [0.15, 0.2) is 6.10 Å². The van der Waals surface area contributed by atoms with Crippen LogP contribution in [0.15, 0.2) is 35.2 Å². The molecule has 0 unspecified atom stereocenters. The maximum absolute atomic E-state index is 11.8. The molecule has 0 radical (unpaired) electrons. The van der Waals surface area contributed by atoms with Crippen molar-refractivity contribution in [1.82, 2.24) is 5.32 Å². The zero-order chi connectivity index (χ0) is 15.2. The Morgan fingerprint density at radius 3 is 2.40 bits per heavy atom. The molecule has 0 spiro atoms. The lowest BCUT2D eigenvalue weighted by molar-refractivity contribution is -0.152. The molecule has 110 valence electrons. The van der Waals surface area contributed by atoms with E-state index in [0.717, 1.165) is 4.90 Å². The second kappa shape index (κ2) is 7.33. The summed E-state index contributed by atoms with van der Waals surface area (Å²) in [6, 6.07) is 9.59. The van der Waals surface area contributed by atoms with Crippen molar-refractivity contribution in [1.29, 1.82) is 0 Å². The van der Waals surface area contributed by atoms with Gasteiger partial charge in [0.2, 0.25) is 0 Å². The third-order valence-corrected chi connectivity index (χ3v) is 3.26. The summed E-state index contributed by atoms with van der Waals surface area (Å²) < 4.78 is 5.11. The van der Waals surface area contributed by atoms with Gasteiger partial charge in [-0.2, -0.15) is 0 Å². The fourth-order valence-corrected chi connectivity index (χ4v) is 2.12. The zero-order valence-corrected chi connectivity index (χ0v) is 13.1. The quantitative estimate of drug-likeness (QED) is 0.670. The highest BCUT2D eigenvalue weighted by Gasteiger charge is 2.22.